The van der Waals surface area contributed by atoms with Crippen LogP contribution in [0.3, 0.4) is 0 Å². The summed E-state index contributed by atoms with van der Waals surface area (Å²) in [5.74, 6) is 0.501. The molecular formula is C15H15N3O. The van der Waals surface area contributed by atoms with Gasteiger partial charge in [-0.15, -0.1) is 0 Å². The van der Waals surface area contributed by atoms with Crippen LogP contribution < -0.4 is 10.9 Å². The van der Waals surface area contributed by atoms with Gasteiger partial charge < -0.3 is 0 Å². The molecular weight excluding hydrogens is 238 g/mol. The van der Waals surface area contributed by atoms with Crippen LogP contribution in [0.2, 0.25) is 0 Å². The zero-order chi connectivity index (χ0) is 13.3. The van der Waals surface area contributed by atoms with Crippen LogP contribution in [-0.2, 0) is 4.79 Å². The lowest BCUT2D eigenvalue weighted by Gasteiger charge is -2.05. The normalized spacial score (nSPS) is 10.3. The van der Waals surface area contributed by atoms with Crippen LogP contribution >= 0.6 is 0 Å². The predicted molar refractivity (Wildman–Crippen MR) is 76.1 cm³/mol. The Bertz CT molecular complexity index is 538. The second-order valence-corrected chi connectivity index (χ2v) is 3.91. The number of pyridine rings is 1. The summed E-state index contributed by atoms with van der Waals surface area (Å²) in [4.78, 5) is 15.6. The molecule has 0 fully saturated rings. The Morgan fingerprint density at radius 3 is 2.63 bits per heavy atom. The first-order valence-corrected chi connectivity index (χ1v) is 6.02. The molecule has 2 rings (SSSR count). The van der Waals surface area contributed by atoms with E-state index in [0.29, 0.717) is 12.2 Å². The van der Waals surface area contributed by atoms with Crippen molar-refractivity contribution >= 4 is 17.8 Å². The molecule has 2 aromatic rings. The van der Waals surface area contributed by atoms with E-state index < -0.39 is 0 Å². The van der Waals surface area contributed by atoms with Crippen molar-refractivity contribution in [3.8, 4) is 0 Å². The lowest BCUT2D eigenvalue weighted by Crippen LogP contribution is -2.28. The molecule has 0 aliphatic rings. The van der Waals surface area contributed by atoms with Crippen molar-refractivity contribution in [1.29, 1.82) is 0 Å². The largest absolute Gasteiger partial charge is 0.282 e. The molecule has 0 aliphatic heterocycles. The third kappa shape index (κ3) is 4.63. The highest BCUT2D eigenvalue weighted by molar-refractivity contribution is 5.79. The Labute approximate surface area is 112 Å². The summed E-state index contributed by atoms with van der Waals surface area (Å²) < 4.78 is 0. The third-order valence-corrected chi connectivity index (χ3v) is 2.41. The van der Waals surface area contributed by atoms with Crippen molar-refractivity contribution in [2.45, 2.75) is 6.42 Å². The highest BCUT2D eigenvalue weighted by atomic mass is 16.2. The minimum atomic E-state index is -0.113. The third-order valence-electron chi connectivity index (χ3n) is 2.41. The Morgan fingerprint density at radius 2 is 1.89 bits per heavy atom. The minimum absolute atomic E-state index is 0.113. The molecule has 0 unspecified atom stereocenters. The van der Waals surface area contributed by atoms with Crippen molar-refractivity contribution in [3.05, 3.63) is 66.4 Å². The zero-order valence-corrected chi connectivity index (χ0v) is 10.4. The molecule has 1 aromatic carbocycles. The second-order valence-electron chi connectivity index (χ2n) is 3.91. The van der Waals surface area contributed by atoms with Crippen LogP contribution in [0, 0.1) is 0 Å². The van der Waals surface area contributed by atoms with Gasteiger partial charge in [0.15, 0.2) is 0 Å². The van der Waals surface area contributed by atoms with E-state index in [0.717, 1.165) is 5.56 Å². The molecule has 4 heteroatoms. The summed E-state index contributed by atoms with van der Waals surface area (Å²) in [5, 5.41) is 0. The van der Waals surface area contributed by atoms with E-state index in [1.165, 1.54) is 0 Å². The SMILES string of the molecule is O=C(C/C=C/c1ccccc1)NNc1ccccn1. The molecule has 0 spiro atoms. The van der Waals surface area contributed by atoms with Crippen LogP contribution in [0.5, 0.6) is 0 Å². The molecule has 0 saturated heterocycles. The molecule has 0 bridgehead atoms. The molecule has 4 nitrogen and oxygen atoms in total. The quantitative estimate of drug-likeness (QED) is 0.805. The highest BCUT2D eigenvalue weighted by Crippen LogP contribution is 2.02. The van der Waals surface area contributed by atoms with E-state index in [-0.39, 0.29) is 5.91 Å². The van der Waals surface area contributed by atoms with Crippen LogP contribution in [0.25, 0.3) is 6.08 Å². The number of benzene rings is 1. The zero-order valence-electron chi connectivity index (χ0n) is 10.4. The summed E-state index contributed by atoms with van der Waals surface area (Å²) in [6.07, 6.45) is 5.71. The summed E-state index contributed by atoms with van der Waals surface area (Å²) >= 11 is 0. The first-order valence-electron chi connectivity index (χ1n) is 6.02. The molecule has 1 heterocycles. The second kappa shape index (κ2) is 6.96. The van der Waals surface area contributed by atoms with Crippen molar-refractivity contribution in [2.24, 2.45) is 0 Å². The molecule has 2 N–H and O–H groups in total. The fourth-order valence-corrected chi connectivity index (χ4v) is 1.49. The average Bonchev–Trinajstić information content (AvgIpc) is 2.47. The molecule has 0 aliphatic carbocycles. The van der Waals surface area contributed by atoms with Gasteiger partial charge >= 0.3 is 0 Å². The van der Waals surface area contributed by atoms with Gasteiger partial charge in [0, 0.05) is 12.6 Å². The molecule has 96 valence electrons. The van der Waals surface area contributed by atoms with Crippen molar-refractivity contribution in [3.63, 3.8) is 0 Å². The number of nitrogens with zero attached hydrogens (tertiary/aromatic N) is 1. The van der Waals surface area contributed by atoms with Gasteiger partial charge in [0.25, 0.3) is 0 Å². The van der Waals surface area contributed by atoms with E-state index in [4.69, 9.17) is 0 Å². The van der Waals surface area contributed by atoms with Gasteiger partial charge in [0.05, 0.1) is 0 Å². The smallest absolute Gasteiger partial charge is 0.242 e. The Balaban J connectivity index is 1.75. The van der Waals surface area contributed by atoms with Gasteiger partial charge in [-0.25, -0.2) is 4.98 Å². The minimum Gasteiger partial charge on any atom is -0.282 e. The van der Waals surface area contributed by atoms with Gasteiger partial charge in [-0.1, -0.05) is 48.6 Å². The van der Waals surface area contributed by atoms with E-state index >= 15 is 0 Å². The van der Waals surface area contributed by atoms with Gasteiger partial charge in [-0.2, -0.15) is 0 Å². The molecule has 0 radical (unpaired) electrons. The van der Waals surface area contributed by atoms with Crippen molar-refractivity contribution < 1.29 is 4.79 Å². The monoisotopic (exact) mass is 253 g/mol. The molecule has 19 heavy (non-hydrogen) atoms. The standard InChI is InChI=1S/C15H15N3O/c19-15(18-17-14-10-4-5-12-16-14)11-6-9-13-7-2-1-3-8-13/h1-10,12H,11H2,(H,16,17)(H,18,19)/b9-6+. The lowest BCUT2D eigenvalue weighted by atomic mass is 10.2. The number of hydrogen-bond acceptors (Lipinski definition) is 3. The topological polar surface area (TPSA) is 54.0 Å². The summed E-state index contributed by atoms with van der Waals surface area (Å²) in [6, 6.07) is 15.3. The maximum Gasteiger partial charge on any atom is 0.242 e. The van der Waals surface area contributed by atoms with Crippen LogP contribution in [-0.4, -0.2) is 10.9 Å². The summed E-state index contributed by atoms with van der Waals surface area (Å²) in [7, 11) is 0. The maximum absolute atomic E-state index is 11.6. The van der Waals surface area contributed by atoms with Gasteiger partial charge in [-0.05, 0) is 17.7 Å². The fourth-order valence-electron chi connectivity index (χ4n) is 1.49. The lowest BCUT2D eigenvalue weighted by molar-refractivity contribution is -0.119. The Kier molecular flexibility index (Phi) is 4.70. The Hall–Kier alpha value is -2.62. The highest BCUT2D eigenvalue weighted by Gasteiger charge is 1.97. The number of nitrogens with one attached hydrogen (secondary N) is 2. The maximum atomic E-state index is 11.6. The van der Waals surface area contributed by atoms with Crippen LogP contribution in [0.4, 0.5) is 5.82 Å². The number of hydrogen-bond donors (Lipinski definition) is 2. The number of hydrazine groups is 1. The average molecular weight is 253 g/mol. The Morgan fingerprint density at radius 1 is 1.11 bits per heavy atom. The number of carbonyl (C=O) groups is 1. The summed E-state index contributed by atoms with van der Waals surface area (Å²) in [6.45, 7) is 0. The number of rotatable bonds is 5. The van der Waals surface area contributed by atoms with Crippen LogP contribution in [0.15, 0.2) is 60.8 Å². The first kappa shape index (κ1) is 12.8. The number of carbonyl (C=O) groups excluding carboxylic acids is 1. The predicted octanol–water partition coefficient (Wildman–Crippen LogP) is 2.63. The van der Waals surface area contributed by atoms with E-state index in [1.807, 2.05) is 54.6 Å². The van der Waals surface area contributed by atoms with E-state index in [1.54, 1.807) is 12.3 Å². The van der Waals surface area contributed by atoms with Crippen molar-refractivity contribution in [1.82, 2.24) is 10.4 Å². The first-order chi connectivity index (χ1) is 9.34. The van der Waals surface area contributed by atoms with Crippen molar-refractivity contribution in [2.75, 3.05) is 5.43 Å². The number of aromatic nitrogens is 1. The molecule has 1 aromatic heterocycles. The number of amides is 1. The molecule has 0 atom stereocenters. The van der Waals surface area contributed by atoms with Gasteiger partial charge in [0.1, 0.15) is 5.82 Å². The van der Waals surface area contributed by atoms with E-state index in [2.05, 4.69) is 15.8 Å². The molecule has 0 saturated carbocycles. The number of anilines is 1. The fraction of sp³-hybridized carbons (Fsp3) is 0.0667. The van der Waals surface area contributed by atoms with Gasteiger partial charge in [-0.3, -0.25) is 15.6 Å². The van der Waals surface area contributed by atoms with E-state index in [9.17, 15) is 4.79 Å². The molecule has 1 amide bonds. The van der Waals surface area contributed by atoms with Gasteiger partial charge in [0.2, 0.25) is 5.91 Å². The summed E-state index contributed by atoms with van der Waals surface area (Å²) in [5.41, 5.74) is 6.41. The van der Waals surface area contributed by atoms with Crippen LogP contribution in [0.1, 0.15) is 12.0 Å².